The first-order chi connectivity index (χ1) is 9.11. The van der Waals surface area contributed by atoms with Crippen LogP contribution in [0.25, 0.3) is 0 Å². The molecule has 0 aliphatic rings. The van der Waals surface area contributed by atoms with Crippen molar-refractivity contribution in [3.63, 3.8) is 0 Å². The number of nitrogen functional groups attached to an aromatic ring is 1. The Morgan fingerprint density at radius 3 is 2.79 bits per heavy atom. The highest BCUT2D eigenvalue weighted by Crippen LogP contribution is 2.29. The molecular weight excluding hydrogens is 287 g/mol. The lowest BCUT2D eigenvalue weighted by molar-refractivity contribution is 0.102. The topological polar surface area (TPSA) is 80.0 Å². The van der Waals surface area contributed by atoms with Gasteiger partial charge < -0.3 is 10.7 Å². The van der Waals surface area contributed by atoms with Crippen LogP contribution in [0.1, 0.15) is 10.5 Å². The molecule has 0 aliphatic heterocycles. The lowest BCUT2D eigenvalue weighted by Crippen LogP contribution is -2.15. The van der Waals surface area contributed by atoms with Crippen molar-refractivity contribution in [3.05, 3.63) is 52.3 Å². The van der Waals surface area contributed by atoms with Gasteiger partial charge in [-0.15, -0.1) is 0 Å². The van der Waals surface area contributed by atoms with E-state index in [1.165, 1.54) is 12.3 Å². The highest BCUT2D eigenvalue weighted by atomic mass is 35.5. The van der Waals surface area contributed by atoms with Gasteiger partial charge >= 0.3 is 0 Å². The van der Waals surface area contributed by atoms with Crippen molar-refractivity contribution in [3.8, 4) is 0 Å². The maximum absolute atomic E-state index is 12.0. The van der Waals surface area contributed by atoms with Gasteiger partial charge in [-0.3, -0.25) is 15.6 Å². The van der Waals surface area contributed by atoms with E-state index in [0.717, 1.165) is 0 Å². The maximum atomic E-state index is 12.0. The monoisotopic (exact) mass is 296 g/mol. The normalized spacial score (nSPS) is 10.1. The molecule has 0 saturated carbocycles. The summed E-state index contributed by atoms with van der Waals surface area (Å²) in [7, 11) is 0. The lowest BCUT2D eigenvalue weighted by atomic mass is 10.2. The Labute approximate surface area is 119 Å². The number of nitrogens with one attached hydrogen (secondary N) is 2. The van der Waals surface area contributed by atoms with Crippen LogP contribution < -0.4 is 16.6 Å². The average molecular weight is 297 g/mol. The summed E-state index contributed by atoms with van der Waals surface area (Å²) >= 11 is 11.8. The zero-order chi connectivity index (χ0) is 13.8. The first kappa shape index (κ1) is 13.6. The Morgan fingerprint density at radius 2 is 2.05 bits per heavy atom. The summed E-state index contributed by atoms with van der Waals surface area (Å²) in [6.45, 7) is 0. The predicted octanol–water partition coefficient (Wildman–Crippen LogP) is 2.93. The predicted molar refractivity (Wildman–Crippen MR) is 76.5 cm³/mol. The second kappa shape index (κ2) is 5.88. The second-order valence-electron chi connectivity index (χ2n) is 3.63. The minimum absolute atomic E-state index is 0.214. The first-order valence-electron chi connectivity index (χ1n) is 5.30. The van der Waals surface area contributed by atoms with Crippen LogP contribution >= 0.6 is 23.2 Å². The van der Waals surface area contributed by atoms with Crippen LogP contribution in [-0.4, -0.2) is 10.9 Å². The standard InChI is InChI=1S/C12H10Cl2N4O/c13-8-2-1-3-9(11(8)14)17-12(19)10-6-7(18-15)4-5-16-10/h1-6H,15H2,(H,16,18)(H,17,19). The van der Waals surface area contributed by atoms with E-state index in [0.29, 0.717) is 16.4 Å². The number of aromatic nitrogens is 1. The molecule has 0 aliphatic carbocycles. The van der Waals surface area contributed by atoms with Crippen molar-refractivity contribution < 1.29 is 4.79 Å². The van der Waals surface area contributed by atoms with Crippen LogP contribution in [0.5, 0.6) is 0 Å². The number of amides is 1. The molecule has 1 aromatic carbocycles. The van der Waals surface area contributed by atoms with Crippen molar-refractivity contribution >= 4 is 40.5 Å². The molecule has 1 aromatic heterocycles. The van der Waals surface area contributed by atoms with Crippen molar-refractivity contribution in [2.75, 3.05) is 10.7 Å². The number of pyridine rings is 1. The summed E-state index contributed by atoms with van der Waals surface area (Å²) in [6.07, 6.45) is 1.48. The Bertz CT molecular complexity index is 618. The molecule has 5 nitrogen and oxygen atoms in total. The number of hydrogen-bond donors (Lipinski definition) is 3. The van der Waals surface area contributed by atoms with Crippen LogP contribution in [0.15, 0.2) is 36.5 Å². The van der Waals surface area contributed by atoms with Gasteiger partial charge in [-0.25, -0.2) is 0 Å². The van der Waals surface area contributed by atoms with Gasteiger partial charge in [0.2, 0.25) is 0 Å². The number of benzene rings is 1. The molecule has 1 amide bonds. The zero-order valence-electron chi connectivity index (χ0n) is 9.65. The van der Waals surface area contributed by atoms with Gasteiger partial charge in [0.05, 0.1) is 21.4 Å². The van der Waals surface area contributed by atoms with E-state index < -0.39 is 5.91 Å². The van der Waals surface area contributed by atoms with Crippen molar-refractivity contribution in [1.29, 1.82) is 0 Å². The Kier molecular flexibility index (Phi) is 4.21. The van der Waals surface area contributed by atoms with Gasteiger partial charge in [0.1, 0.15) is 5.69 Å². The number of carbonyl (C=O) groups excluding carboxylic acids is 1. The molecule has 98 valence electrons. The van der Waals surface area contributed by atoms with Gasteiger partial charge in [-0.1, -0.05) is 29.3 Å². The van der Waals surface area contributed by atoms with Gasteiger partial charge in [0, 0.05) is 6.20 Å². The number of carbonyl (C=O) groups is 1. The number of nitrogens with zero attached hydrogens (tertiary/aromatic N) is 1. The zero-order valence-corrected chi connectivity index (χ0v) is 11.2. The fraction of sp³-hybridized carbons (Fsp3) is 0. The molecule has 4 N–H and O–H groups in total. The van der Waals surface area contributed by atoms with E-state index >= 15 is 0 Å². The van der Waals surface area contributed by atoms with E-state index in [-0.39, 0.29) is 10.7 Å². The van der Waals surface area contributed by atoms with Crippen molar-refractivity contribution in [2.24, 2.45) is 5.84 Å². The SMILES string of the molecule is NNc1ccnc(C(=O)Nc2cccc(Cl)c2Cl)c1. The van der Waals surface area contributed by atoms with Crippen molar-refractivity contribution in [1.82, 2.24) is 4.98 Å². The highest BCUT2D eigenvalue weighted by molar-refractivity contribution is 6.44. The number of anilines is 2. The maximum Gasteiger partial charge on any atom is 0.274 e. The molecule has 0 spiro atoms. The molecule has 7 heteroatoms. The molecule has 0 unspecified atom stereocenters. The summed E-state index contributed by atoms with van der Waals surface area (Å²) in [6, 6.07) is 8.14. The summed E-state index contributed by atoms with van der Waals surface area (Å²) in [5.41, 5.74) is 3.66. The van der Waals surface area contributed by atoms with E-state index in [9.17, 15) is 4.79 Å². The highest BCUT2D eigenvalue weighted by Gasteiger charge is 2.11. The van der Waals surface area contributed by atoms with Crippen LogP contribution in [0, 0.1) is 0 Å². The number of nitrogens with two attached hydrogens (primary N) is 1. The minimum Gasteiger partial charge on any atom is -0.324 e. The van der Waals surface area contributed by atoms with E-state index in [4.69, 9.17) is 29.0 Å². The Morgan fingerprint density at radius 1 is 1.26 bits per heavy atom. The van der Waals surface area contributed by atoms with E-state index in [1.807, 2.05) is 0 Å². The van der Waals surface area contributed by atoms with E-state index in [1.54, 1.807) is 24.3 Å². The fourth-order valence-electron chi connectivity index (χ4n) is 1.43. The minimum atomic E-state index is -0.402. The second-order valence-corrected chi connectivity index (χ2v) is 4.41. The third kappa shape index (κ3) is 3.14. The van der Waals surface area contributed by atoms with Gasteiger partial charge in [-0.05, 0) is 24.3 Å². The molecule has 0 atom stereocenters. The van der Waals surface area contributed by atoms with Crippen molar-refractivity contribution in [2.45, 2.75) is 0 Å². The molecule has 19 heavy (non-hydrogen) atoms. The fourth-order valence-corrected chi connectivity index (χ4v) is 1.78. The van der Waals surface area contributed by atoms with Crippen LogP contribution in [-0.2, 0) is 0 Å². The Balaban J connectivity index is 2.23. The van der Waals surface area contributed by atoms with Gasteiger partial charge in [0.25, 0.3) is 5.91 Å². The number of hydrazine groups is 1. The van der Waals surface area contributed by atoms with Crippen LogP contribution in [0.2, 0.25) is 10.0 Å². The molecule has 0 saturated heterocycles. The number of hydrogen-bond acceptors (Lipinski definition) is 4. The number of rotatable bonds is 3. The summed E-state index contributed by atoms with van der Waals surface area (Å²) in [5.74, 6) is 4.87. The third-order valence-corrected chi connectivity index (χ3v) is 3.18. The van der Waals surface area contributed by atoms with E-state index in [2.05, 4.69) is 15.7 Å². The molecule has 0 bridgehead atoms. The quantitative estimate of drug-likeness (QED) is 0.601. The molecule has 2 rings (SSSR count). The third-order valence-electron chi connectivity index (χ3n) is 2.36. The lowest BCUT2D eigenvalue weighted by Gasteiger charge is -2.08. The summed E-state index contributed by atoms with van der Waals surface area (Å²) in [4.78, 5) is 16.0. The molecule has 2 aromatic rings. The van der Waals surface area contributed by atoms with Gasteiger partial charge in [0.15, 0.2) is 0 Å². The van der Waals surface area contributed by atoms with Crippen LogP contribution in [0.3, 0.4) is 0 Å². The van der Waals surface area contributed by atoms with Crippen LogP contribution in [0.4, 0.5) is 11.4 Å². The number of halogens is 2. The molecule has 1 heterocycles. The molecule has 0 radical (unpaired) electrons. The summed E-state index contributed by atoms with van der Waals surface area (Å²) in [5, 5.41) is 3.28. The molecular formula is C12H10Cl2N4O. The largest absolute Gasteiger partial charge is 0.324 e. The summed E-state index contributed by atoms with van der Waals surface area (Å²) < 4.78 is 0. The smallest absolute Gasteiger partial charge is 0.274 e. The Hall–Kier alpha value is -1.82. The van der Waals surface area contributed by atoms with Gasteiger partial charge in [-0.2, -0.15) is 0 Å². The molecule has 0 fully saturated rings. The average Bonchev–Trinajstić information content (AvgIpc) is 2.44. The first-order valence-corrected chi connectivity index (χ1v) is 6.05.